The van der Waals surface area contributed by atoms with E-state index >= 15 is 0 Å². The van der Waals surface area contributed by atoms with Crippen LogP contribution in [0.2, 0.25) is 0 Å². The van der Waals surface area contributed by atoms with Crippen LogP contribution < -0.4 is 15.7 Å². The van der Waals surface area contributed by atoms with E-state index in [1.165, 1.54) is 10.6 Å². The summed E-state index contributed by atoms with van der Waals surface area (Å²) in [7, 11) is 0. The average Bonchev–Trinajstić information content (AvgIpc) is 2.62. The summed E-state index contributed by atoms with van der Waals surface area (Å²) in [6.45, 7) is 6.76. The predicted octanol–water partition coefficient (Wildman–Crippen LogP) is 2.81. The van der Waals surface area contributed by atoms with Gasteiger partial charge in [-0.1, -0.05) is 19.9 Å². The van der Waals surface area contributed by atoms with Gasteiger partial charge in [0.2, 0.25) is 0 Å². The van der Waals surface area contributed by atoms with Gasteiger partial charge < -0.3 is 9.30 Å². The average molecular weight is 355 g/mol. The summed E-state index contributed by atoms with van der Waals surface area (Å²) in [6.07, 6.45) is 2.58. The molecule has 0 aliphatic carbocycles. The van der Waals surface area contributed by atoms with Gasteiger partial charge in [0.25, 0.3) is 11.5 Å². The minimum absolute atomic E-state index is 0.0704. The molecule has 2 aromatic rings. The molecule has 0 radical (unpaired) electrons. The fourth-order valence-corrected chi connectivity index (χ4v) is 2.20. The van der Waals surface area contributed by atoms with E-state index in [9.17, 15) is 9.59 Å². The molecule has 0 saturated heterocycles. The van der Waals surface area contributed by atoms with Crippen molar-refractivity contribution in [2.45, 2.75) is 33.7 Å². The number of hydrogen-bond donors (Lipinski definition) is 1. The van der Waals surface area contributed by atoms with Crippen molar-refractivity contribution in [2.24, 2.45) is 11.0 Å². The minimum atomic E-state index is -0.355. The van der Waals surface area contributed by atoms with E-state index in [4.69, 9.17) is 4.74 Å². The zero-order chi connectivity index (χ0) is 18.9. The van der Waals surface area contributed by atoms with Crippen molar-refractivity contribution in [2.75, 3.05) is 6.61 Å². The topological polar surface area (TPSA) is 72.7 Å². The van der Waals surface area contributed by atoms with Crippen molar-refractivity contribution in [3.8, 4) is 5.75 Å². The number of amides is 1. The van der Waals surface area contributed by atoms with Gasteiger partial charge in [0.05, 0.1) is 12.3 Å². The summed E-state index contributed by atoms with van der Waals surface area (Å²) in [5, 5.41) is 4.10. The molecule has 6 nitrogen and oxygen atoms in total. The first-order valence-corrected chi connectivity index (χ1v) is 8.67. The molecule has 1 aromatic heterocycles. The number of nitrogens with one attached hydrogen (secondary N) is 1. The molecule has 0 saturated carbocycles. The molecule has 1 heterocycles. The Kier molecular flexibility index (Phi) is 7.14. The van der Waals surface area contributed by atoms with Crippen molar-refractivity contribution >= 4 is 11.6 Å². The van der Waals surface area contributed by atoms with Crippen LogP contribution in [-0.4, -0.2) is 22.8 Å². The van der Waals surface area contributed by atoms with Gasteiger partial charge in [-0.05, 0) is 55.2 Å². The molecule has 0 spiro atoms. The zero-order valence-electron chi connectivity index (χ0n) is 15.4. The van der Waals surface area contributed by atoms with Crippen LogP contribution in [0.3, 0.4) is 0 Å². The summed E-state index contributed by atoms with van der Waals surface area (Å²) in [4.78, 5) is 23.5. The van der Waals surface area contributed by atoms with Crippen molar-refractivity contribution in [1.82, 2.24) is 9.99 Å². The molecule has 0 aliphatic heterocycles. The van der Waals surface area contributed by atoms with Crippen LogP contribution in [0.4, 0.5) is 0 Å². The maximum Gasteiger partial charge on any atom is 0.260 e. The Hall–Kier alpha value is -2.89. The number of ether oxygens (including phenoxy) is 1. The third kappa shape index (κ3) is 6.20. The van der Waals surface area contributed by atoms with Crippen LogP contribution in [-0.2, 0) is 11.3 Å². The fourth-order valence-electron chi connectivity index (χ4n) is 2.20. The lowest BCUT2D eigenvalue weighted by Crippen LogP contribution is -2.29. The molecular formula is C20H25N3O3. The first kappa shape index (κ1) is 19.4. The van der Waals surface area contributed by atoms with E-state index in [2.05, 4.69) is 24.4 Å². The third-order valence-electron chi connectivity index (χ3n) is 3.80. The number of rotatable bonds is 8. The monoisotopic (exact) mass is 355 g/mol. The first-order chi connectivity index (χ1) is 12.5. The quantitative estimate of drug-likeness (QED) is 0.584. The molecule has 0 aliphatic rings. The lowest BCUT2D eigenvalue weighted by atomic mass is 10.1. The molecule has 1 amide bonds. The molecule has 2 rings (SSSR count). The van der Waals surface area contributed by atoms with Crippen molar-refractivity contribution in [3.05, 3.63) is 64.6 Å². The summed E-state index contributed by atoms with van der Waals surface area (Å²) < 4.78 is 7.01. The summed E-state index contributed by atoms with van der Waals surface area (Å²) >= 11 is 0. The summed E-state index contributed by atoms with van der Waals surface area (Å²) in [5.41, 5.74) is 3.81. The highest BCUT2D eigenvalue weighted by Gasteiger charge is 2.04. The van der Waals surface area contributed by atoms with E-state index in [-0.39, 0.29) is 18.0 Å². The Labute approximate surface area is 153 Å². The van der Waals surface area contributed by atoms with Gasteiger partial charge >= 0.3 is 0 Å². The van der Waals surface area contributed by atoms with E-state index in [0.717, 1.165) is 17.7 Å². The van der Waals surface area contributed by atoms with Crippen molar-refractivity contribution < 1.29 is 9.53 Å². The Morgan fingerprint density at radius 2 is 1.92 bits per heavy atom. The standard InChI is InChI=1S/C20H25N3O3/c1-15(2)11-13-26-18-9-7-17(8-10-18)16(3)21-22-19(24)14-23-12-5-4-6-20(23)25/h4-10,12,15H,11,13-14H2,1-3H3,(H,22,24)/b21-16-. The molecule has 6 heteroatoms. The molecule has 0 bridgehead atoms. The Balaban J connectivity index is 1.89. The first-order valence-electron chi connectivity index (χ1n) is 8.67. The van der Waals surface area contributed by atoms with Gasteiger partial charge in [0.15, 0.2) is 0 Å². The maximum absolute atomic E-state index is 11.9. The SMILES string of the molecule is C/C(=N/NC(=O)Cn1ccccc1=O)c1ccc(OCCC(C)C)cc1. The minimum Gasteiger partial charge on any atom is -0.494 e. The Morgan fingerprint density at radius 1 is 1.19 bits per heavy atom. The van der Waals surface area contributed by atoms with Gasteiger partial charge in [0.1, 0.15) is 12.3 Å². The van der Waals surface area contributed by atoms with E-state index in [1.54, 1.807) is 18.3 Å². The van der Waals surface area contributed by atoms with Crippen LogP contribution in [0.15, 0.2) is 58.6 Å². The second kappa shape index (κ2) is 9.56. The lowest BCUT2D eigenvalue weighted by molar-refractivity contribution is -0.121. The smallest absolute Gasteiger partial charge is 0.260 e. The molecule has 26 heavy (non-hydrogen) atoms. The summed E-state index contributed by atoms with van der Waals surface area (Å²) in [5.74, 6) is 1.07. The van der Waals surface area contributed by atoms with Gasteiger partial charge in [-0.25, -0.2) is 5.43 Å². The Morgan fingerprint density at radius 3 is 2.58 bits per heavy atom. The lowest BCUT2D eigenvalue weighted by Gasteiger charge is -2.09. The number of nitrogens with zero attached hydrogens (tertiary/aromatic N) is 2. The van der Waals surface area contributed by atoms with E-state index in [1.807, 2.05) is 31.2 Å². The van der Waals surface area contributed by atoms with Crippen LogP contribution in [0.5, 0.6) is 5.75 Å². The highest BCUT2D eigenvalue weighted by molar-refractivity contribution is 5.99. The molecule has 1 N–H and O–H groups in total. The van der Waals surface area contributed by atoms with Gasteiger partial charge in [0, 0.05) is 12.3 Å². The predicted molar refractivity (Wildman–Crippen MR) is 102 cm³/mol. The normalized spacial score (nSPS) is 11.5. The van der Waals surface area contributed by atoms with Crippen LogP contribution in [0.1, 0.15) is 32.8 Å². The number of aromatic nitrogens is 1. The van der Waals surface area contributed by atoms with Gasteiger partial charge in [-0.15, -0.1) is 0 Å². The number of hydrogen-bond acceptors (Lipinski definition) is 4. The number of benzene rings is 1. The van der Waals surface area contributed by atoms with Crippen LogP contribution in [0, 0.1) is 5.92 Å². The van der Waals surface area contributed by atoms with E-state index < -0.39 is 0 Å². The number of carbonyl (C=O) groups excluding carboxylic acids is 1. The van der Waals surface area contributed by atoms with Crippen molar-refractivity contribution in [3.63, 3.8) is 0 Å². The van der Waals surface area contributed by atoms with Gasteiger partial charge in [-0.2, -0.15) is 5.10 Å². The molecule has 138 valence electrons. The number of pyridine rings is 1. The zero-order valence-corrected chi connectivity index (χ0v) is 15.4. The number of carbonyl (C=O) groups is 1. The molecule has 1 aromatic carbocycles. The fraction of sp³-hybridized carbons (Fsp3) is 0.350. The largest absolute Gasteiger partial charge is 0.494 e. The van der Waals surface area contributed by atoms with Crippen molar-refractivity contribution in [1.29, 1.82) is 0 Å². The molecular weight excluding hydrogens is 330 g/mol. The van der Waals surface area contributed by atoms with Crippen LogP contribution >= 0.6 is 0 Å². The number of hydrazone groups is 1. The third-order valence-corrected chi connectivity index (χ3v) is 3.80. The second-order valence-corrected chi connectivity index (χ2v) is 6.45. The summed E-state index contributed by atoms with van der Waals surface area (Å²) in [6, 6.07) is 12.3. The highest BCUT2D eigenvalue weighted by atomic mass is 16.5. The second-order valence-electron chi connectivity index (χ2n) is 6.45. The maximum atomic E-state index is 11.9. The Bertz CT molecular complexity index is 808. The van der Waals surface area contributed by atoms with Gasteiger partial charge in [-0.3, -0.25) is 9.59 Å². The highest BCUT2D eigenvalue weighted by Crippen LogP contribution is 2.14. The molecule has 0 atom stereocenters. The van der Waals surface area contributed by atoms with Crippen LogP contribution in [0.25, 0.3) is 0 Å². The molecule has 0 unspecified atom stereocenters. The van der Waals surface area contributed by atoms with E-state index in [0.29, 0.717) is 18.2 Å². The molecule has 0 fully saturated rings.